The maximum atomic E-state index is 13.0. The van der Waals surface area contributed by atoms with Gasteiger partial charge in [0, 0.05) is 25.2 Å². The molecule has 0 unspecified atom stereocenters. The maximum Gasteiger partial charge on any atom is 0.314 e. The Morgan fingerprint density at radius 3 is 2.71 bits per heavy atom. The topological polar surface area (TPSA) is 41.1 Å². The predicted octanol–water partition coefficient (Wildman–Crippen LogP) is 1.39. The lowest BCUT2D eigenvalue weighted by atomic mass is 10.2. The summed E-state index contributed by atoms with van der Waals surface area (Å²) in [6, 6.07) is 2.81. The van der Waals surface area contributed by atoms with Gasteiger partial charge in [0.1, 0.15) is 11.6 Å². The van der Waals surface area contributed by atoms with Crippen LogP contribution in [0.1, 0.15) is 5.56 Å². The van der Waals surface area contributed by atoms with E-state index in [2.05, 4.69) is 10.6 Å². The molecule has 0 radical (unpaired) electrons. The molecule has 1 aromatic rings. The highest BCUT2D eigenvalue weighted by Crippen LogP contribution is 2.08. The molecule has 0 fully saturated rings. The van der Waals surface area contributed by atoms with Crippen LogP contribution < -0.4 is 10.6 Å². The maximum absolute atomic E-state index is 13.0. The van der Waals surface area contributed by atoms with Gasteiger partial charge in [0.05, 0.1) is 0 Å². The number of amides is 2. The molecule has 0 bridgehead atoms. The average Bonchev–Trinajstić information content (AvgIpc) is 2.16. The molecule has 5 heteroatoms. The van der Waals surface area contributed by atoms with Gasteiger partial charge in [-0.05, 0) is 6.07 Å². The number of hydrogen-bond donors (Lipinski definition) is 2. The van der Waals surface area contributed by atoms with Gasteiger partial charge in [-0.1, -0.05) is 6.07 Å². The number of rotatable bonds is 2. The highest BCUT2D eigenvalue weighted by atomic mass is 19.1. The summed E-state index contributed by atoms with van der Waals surface area (Å²) < 4.78 is 25.5. The second kappa shape index (κ2) is 4.55. The molecule has 0 spiro atoms. The molecule has 3 nitrogen and oxygen atoms in total. The first-order valence-corrected chi connectivity index (χ1v) is 4.03. The third kappa shape index (κ3) is 2.69. The number of halogens is 2. The molecule has 0 aliphatic carbocycles. The van der Waals surface area contributed by atoms with Crippen LogP contribution in [0, 0.1) is 11.6 Å². The third-order valence-electron chi connectivity index (χ3n) is 1.68. The molecule has 0 aromatic heterocycles. The normalized spacial score (nSPS) is 9.64. The summed E-state index contributed by atoms with van der Waals surface area (Å²) >= 11 is 0. The van der Waals surface area contributed by atoms with E-state index in [1.807, 2.05) is 0 Å². The first-order valence-electron chi connectivity index (χ1n) is 4.03. The van der Waals surface area contributed by atoms with Crippen molar-refractivity contribution in [2.45, 2.75) is 6.54 Å². The van der Waals surface area contributed by atoms with Crippen molar-refractivity contribution in [2.75, 3.05) is 7.05 Å². The Hall–Kier alpha value is -1.65. The van der Waals surface area contributed by atoms with Gasteiger partial charge in [-0.3, -0.25) is 0 Å². The van der Waals surface area contributed by atoms with E-state index in [1.165, 1.54) is 13.1 Å². The largest absolute Gasteiger partial charge is 0.341 e. The number of urea groups is 1. The van der Waals surface area contributed by atoms with Crippen molar-refractivity contribution in [3.8, 4) is 0 Å². The minimum absolute atomic E-state index is 0.0335. The molecule has 0 heterocycles. The van der Waals surface area contributed by atoms with Crippen molar-refractivity contribution in [2.24, 2.45) is 0 Å². The van der Waals surface area contributed by atoms with E-state index in [0.717, 1.165) is 12.1 Å². The molecule has 2 N–H and O–H groups in total. The summed E-state index contributed by atoms with van der Waals surface area (Å²) in [6.07, 6.45) is 0. The molecule has 0 aliphatic heterocycles. The van der Waals surface area contributed by atoms with E-state index < -0.39 is 17.7 Å². The van der Waals surface area contributed by atoms with Crippen molar-refractivity contribution in [3.05, 3.63) is 35.4 Å². The number of nitrogens with one attached hydrogen (secondary N) is 2. The third-order valence-corrected chi connectivity index (χ3v) is 1.68. The minimum atomic E-state index is -0.665. The fraction of sp³-hybridized carbons (Fsp3) is 0.222. The lowest BCUT2D eigenvalue weighted by Crippen LogP contribution is -2.32. The van der Waals surface area contributed by atoms with E-state index in [9.17, 15) is 13.6 Å². The number of carbonyl (C=O) groups excluding carboxylic acids is 1. The number of hydrogen-bond acceptors (Lipinski definition) is 1. The Morgan fingerprint density at radius 2 is 2.14 bits per heavy atom. The number of benzene rings is 1. The highest BCUT2D eigenvalue weighted by Gasteiger charge is 2.04. The quantitative estimate of drug-likeness (QED) is 0.744. The van der Waals surface area contributed by atoms with E-state index in [1.54, 1.807) is 0 Å². The first kappa shape index (κ1) is 10.4. The summed E-state index contributed by atoms with van der Waals surface area (Å²) in [6.45, 7) is 0.0335. The van der Waals surface area contributed by atoms with E-state index in [0.29, 0.717) is 0 Å². The molecule has 2 amide bonds. The zero-order chi connectivity index (χ0) is 10.6. The Morgan fingerprint density at radius 1 is 1.43 bits per heavy atom. The van der Waals surface area contributed by atoms with Crippen LogP contribution in [0.2, 0.25) is 0 Å². The Kier molecular flexibility index (Phi) is 3.39. The molecular formula is C9H10F2N2O. The first-order chi connectivity index (χ1) is 6.63. The van der Waals surface area contributed by atoms with Crippen LogP contribution in [0.3, 0.4) is 0 Å². The van der Waals surface area contributed by atoms with Gasteiger partial charge < -0.3 is 10.6 Å². The molecular weight excluding hydrogens is 190 g/mol. The second-order valence-corrected chi connectivity index (χ2v) is 2.67. The SMILES string of the molecule is CNC(=O)NCc1ccc(F)cc1F. The molecule has 0 aliphatic rings. The van der Waals surface area contributed by atoms with Crippen molar-refractivity contribution < 1.29 is 13.6 Å². The van der Waals surface area contributed by atoms with Crippen molar-refractivity contribution in [1.29, 1.82) is 0 Å². The fourth-order valence-corrected chi connectivity index (χ4v) is 0.929. The van der Waals surface area contributed by atoms with Gasteiger partial charge in [-0.25, -0.2) is 13.6 Å². The van der Waals surface area contributed by atoms with Crippen LogP contribution >= 0.6 is 0 Å². The molecule has 0 saturated carbocycles. The Bertz CT molecular complexity index is 342. The van der Waals surface area contributed by atoms with E-state index in [-0.39, 0.29) is 12.1 Å². The lowest BCUT2D eigenvalue weighted by molar-refractivity contribution is 0.242. The molecule has 1 rings (SSSR count). The Labute approximate surface area is 80.1 Å². The van der Waals surface area contributed by atoms with Gasteiger partial charge in [0.2, 0.25) is 0 Å². The summed E-state index contributed by atoms with van der Waals surface area (Å²) in [5, 5.41) is 4.72. The van der Waals surface area contributed by atoms with Crippen molar-refractivity contribution in [3.63, 3.8) is 0 Å². The smallest absolute Gasteiger partial charge is 0.314 e. The van der Waals surface area contributed by atoms with Crippen LogP contribution in [0.25, 0.3) is 0 Å². The molecule has 0 saturated heterocycles. The van der Waals surface area contributed by atoms with Crippen LogP contribution in [-0.2, 0) is 6.54 Å². The van der Waals surface area contributed by atoms with E-state index >= 15 is 0 Å². The Balaban J connectivity index is 2.63. The molecule has 14 heavy (non-hydrogen) atoms. The van der Waals surface area contributed by atoms with Gasteiger partial charge in [0.15, 0.2) is 0 Å². The fourth-order valence-electron chi connectivity index (χ4n) is 0.929. The van der Waals surface area contributed by atoms with Gasteiger partial charge in [-0.15, -0.1) is 0 Å². The van der Waals surface area contributed by atoms with Gasteiger partial charge >= 0.3 is 6.03 Å². The monoisotopic (exact) mass is 200 g/mol. The van der Waals surface area contributed by atoms with Crippen LogP contribution in [0.5, 0.6) is 0 Å². The van der Waals surface area contributed by atoms with Crippen LogP contribution in [0.15, 0.2) is 18.2 Å². The van der Waals surface area contributed by atoms with Gasteiger partial charge in [-0.2, -0.15) is 0 Å². The summed E-state index contributed by atoms with van der Waals surface area (Å²) in [5.41, 5.74) is 0.245. The van der Waals surface area contributed by atoms with E-state index in [4.69, 9.17) is 0 Å². The zero-order valence-corrected chi connectivity index (χ0v) is 7.60. The van der Waals surface area contributed by atoms with Crippen molar-refractivity contribution >= 4 is 6.03 Å². The molecule has 0 atom stereocenters. The van der Waals surface area contributed by atoms with Crippen LogP contribution in [0.4, 0.5) is 13.6 Å². The highest BCUT2D eigenvalue weighted by molar-refractivity contribution is 5.73. The summed E-state index contributed by atoms with van der Waals surface area (Å²) in [4.78, 5) is 10.7. The average molecular weight is 200 g/mol. The zero-order valence-electron chi connectivity index (χ0n) is 7.60. The minimum Gasteiger partial charge on any atom is -0.341 e. The molecule has 1 aromatic carbocycles. The lowest BCUT2D eigenvalue weighted by Gasteiger charge is -2.05. The van der Waals surface area contributed by atoms with Crippen LogP contribution in [-0.4, -0.2) is 13.1 Å². The summed E-state index contributed by atoms with van der Waals surface area (Å²) in [7, 11) is 1.45. The predicted molar refractivity (Wildman–Crippen MR) is 47.7 cm³/mol. The van der Waals surface area contributed by atoms with Crippen molar-refractivity contribution in [1.82, 2.24) is 10.6 Å². The van der Waals surface area contributed by atoms with Gasteiger partial charge in [0.25, 0.3) is 0 Å². The number of carbonyl (C=O) groups is 1. The summed E-state index contributed by atoms with van der Waals surface area (Å²) in [5.74, 6) is -1.30. The second-order valence-electron chi connectivity index (χ2n) is 2.67. The molecule has 76 valence electrons. The standard InChI is InChI=1S/C9H10F2N2O/c1-12-9(14)13-5-6-2-3-7(10)4-8(6)11/h2-4H,5H2,1H3,(H2,12,13,14).